The molecule has 1 aromatic rings. The normalized spacial score (nSPS) is 13.4. The van der Waals surface area contributed by atoms with Crippen molar-refractivity contribution in [2.75, 3.05) is 34.8 Å². The van der Waals surface area contributed by atoms with Gasteiger partial charge in [0.25, 0.3) is 0 Å². The molecule has 21 heavy (non-hydrogen) atoms. The Balaban J connectivity index is 3.14. The summed E-state index contributed by atoms with van der Waals surface area (Å²) >= 11 is 0. The third-order valence-corrected chi connectivity index (χ3v) is 3.71. The summed E-state index contributed by atoms with van der Waals surface area (Å²) in [4.78, 5) is 6.55. The van der Waals surface area contributed by atoms with E-state index >= 15 is 0 Å². The second-order valence-corrected chi connectivity index (χ2v) is 5.59. The van der Waals surface area contributed by atoms with Crippen molar-refractivity contribution in [3.05, 3.63) is 29.3 Å². The Labute approximate surface area is 128 Å². The summed E-state index contributed by atoms with van der Waals surface area (Å²) < 4.78 is 5.45. The monoisotopic (exact) mass is 289 g/mol. The molecule has 0 saturated carbocycles. The first-order valence-electron chi connectivity index (χ1n) is 7.24. The van der Waals surface area contributed by atoms with E-state index in [2.05, 4.69) is 30.1 Å². The van der Waals surface area contributed by atoms with Crippen LogP contribution in [0, 0.1) is 11.3 Å². The molecule has 0 amide bonds. The van der Waals surface area contributed by atoms with E-state index in [1.54, 1.807) is 14.2 Å². The minimum atomic E-state index is 0.0325. The Kier molecular flexibility index (Phi) is 6.56. The zero-order valence-corrected chi connectivity index (χ0v) is 14.0. The average Bonchev–Trinajstić information content (AvgIpc) is 2.45. The highest BCUT2D eigenvalue weighted by Gasteiger charge is 2.16. The van der Waals surface area contributed by atoms with Gasteiger partial charge in [-0.15, -0.1) is 0 Å². The molecule has 0 aliphatic heterocycles. The van der Waals surface area contributed by atoms with Crippen LogP contribution in [0.2, 0.25) is 0 Å². The Bertz CT molecular complexity index is 521. The number of likely N-dealkylation sites (N-methyl/N-ethyl adjacent to an activating group) is 1. The van der Waals surface area contributed by atoms with E-state index in [-0.39, 0.29) is 5.92 Å². The molecular weight excluding hydrogens is 262 g/mol. The molecule has 4 heteroatoms. The highest BCUT2D eigenvalue weighted by molar-refractivity contribution is 6.13. The molecule has 0 heterocycles. The van der Waals surface area contributed by atoms with Crippen LogP contribution in [0.25, 0.3) is 0 Å². The number of ether oxygens (including phenoxy) is 1. The van der Waals surface area contributed by atoms with Crippen molar-refractivity contribution >= 4 is 11.4 Å². The Morgan fingerprint density at radius 3 is 2.52 bits per heavy atom. The van der Waals surface area contributed by atoms with Crippen LogP contribution >= 0.6 is 0 Å². The summed E-state index contributed by atoms with van der Waals surface area (Å²) in [5, 5.41) is 7.84. The summed E-state index contributed by atoms with van der Waals surface area (Å²) in [5.41, 5.74) is 3.84. The number of benzene rings is 1. The van der Waals surface area contributed by atoms with Crippen LogP contribution in [0.3, 0.4) is 0 Å². The zero-order valence-electron chi connectivity index (χ0n) is 14.0. The molecule has 0 fully saturated rings. The first-order valence-corrected chi connectivity index (χ1v) is 7.24. The summed E-state index contributed by atoms with van der Waals surface area (Å²) in [6, 6.07) is 6.17. The number of hydrogen-bond donors (Lipinski definition) is 1. The van der Waals surface area contributed by atoms with Crippen molar-refractivity contribution in [1.82, 2.24) is 4.90 Å². The second kappa shape index (κ2) is 7.93. The minimum absolute atomic E-state index is 0.0325. The summed E-state index contributed by atoms with van der Waals surface area (Å²) in [6.07, 6.45) is 0.930. The van der Waals surface area contributed by atoms with Crippen LogP contribution in [0.5, 0.6) is 5.75 Å². The number of rotatable bonds is 7. The highest BCUT2D eigenvalue weighted by atomic mass is 16.5. The molecule has 1 N–H and O–H groups in total. The van der Waals surface area contributed by atoms with Crippen LogP contribution in [0.4, 0.5) is 0 Å². The van der Waals surface area contributed by atoms with Crippen LogP contribution in [-0.2, 0) is 6.42 Å². The Hall–Kier alpha value is -1.68. The molecular formula is C17H27N3O. The van der Waals surface area contributed by atoms with Gasteiger partial charge in [-0.2, -0.15) is 0 Å². The first-order chi connectivity index (χ1) is 9.90. The van der Waals surface area contributed by atoms with E-state index in [0.717, 1.165) is 30.0 Å². The first kappa shape index (κ1) is 17.4. The smallest absolute Gasteiger partial charge is 0.122 e. The summed E-state index contributed by atoms with van der Waals surface area (Å²) in [5.74, 6) is 0.945. The predicted molar refractivity (Wildman–Crippen MR) is 90.3 cm³/mol. The lowest BCUT2D eigenvalue weighted by Gasteiger charge is -2.17. The van der Waals surface area contributed by atoms with Crippen LogP contribution < -0.4 is 4.74 Å². The molecule has 1 unspecified atom stereocenters. The summed E-state index contributed by atoms with van der Waals surface area (Å²) in [7, 11) is 7.62. The van der Waals surface area contributed by atoms with Gasteiger partial charge in [0, 0.05) is 25.2 Å². The quantitative estimate of drug-likeness (QED) is 0.785. The summed E-state index contributed by atoms with van der Waals surface area (Å²) in [6.45, 7) is 4.82. The molecule has 1 atom stereocenters. The zero-order chi connectivity index (χ0) is 16.0. The lowest BCUT2D eigenvalue weighted by atomic mass is 9.93. The van der Waals surface area contributed by atoms with Gasteiger partial charge in [-0.05, 0) is 56.8 Å². The number of methoxy groups -OCH3 is 1. The maximum Gasteiger partial charge on any atom is 0.122 e. The van der Waals surface area contributed by atoms with Gasteiger partial charge in [0.1, 0.15) is 5.75 Å². The number of hydrogen-bond acceptors (Lipinski definition) is 4. The molecule has 116 valence electrons. The van der Waals surface area contributed by atoms with Gasteiger partial charge in [0.05, 0.1) is 12.8 Å². The van der Waals surface area contributed by atoms with E-state index in [1.165, 1.54) is 5.56 Å². The topological polar surface area (TPSA) is 48.7 Å². The van der Waals surface area contributed by atoms with E-state index in [0.29, 0.717) is 5.71 Å². The molecule has 0 radical (unpaired) electrons. The highest BCUT2D eigenvalue weighted by Crippen LogP contribution is 2.23. The van der Waals surface area contributed by atoms with Crippen molar-refractivity contribution in [2.45, 2.75) is 20.3 Å². The number of nitrogens with one attached hydrogen (secondary N) is 1. The molecule has 0 aromatic heterocycles. The van der Waals surface area contributed by atoms with E-state index in [4.69, 9.17) is 10.1 Å². The number of aliphatic imine (C=N–C) groups is 1. The van der Waals surface area contributed by atoms with Gasteiger partial charge in [0.15, 0.2) is 0 Å². The van der Waals surface area contributed by atoms with Crippen molar-refractivity contribution in [3.63, 3.8) is 0 Å². The molecule has 0 saturated heterocycles. The standard InChI is InChI=1S/C17H27N3O/c1-12(13(2)18)17(19-3)15-7-8-16(21-6)14(11-15)9-10-20(4)5/h7-8,11-12,18H,9-10H2,1-6H3. The molecule has 0 bridgehead atoms. The van der Waals surface area contributed by atoms with Crippen LogP contribution in [0.1, 0.15) is 25.0 Å². The second-order valence-electron chi connectivity index (χ2n) is 5.59. The van der Waals surface area contributed by atoms with Crippen LogP contribution in [-0.4, -0.2) is 51.1 Å². The van der Waals surface area contributed by atoms with Gasteiger partial charge in [-0.25, -0.2) is 0 Å². The molecule has 0 aliphatic rings. The van der Waals surface area contributed by atoms with Crippen molar-refractivity contribution in [3.8, 4) is 5.75 Å². The van der Waals surface area contributed by atoms with Crippen molar-refractivity contribution in [2.24, 2.45) is 10.9 Å². The minimum Gasteiger partial charge on any atom is -0.496 e. The lowest BCUT2D eigenvalue weighted by Crippen LogP contribution is -2.20. The SMILES string of the molecule is CN=C(c1ccc(OC)c(CCN(C)C)c1)C(C)C(C)=N. The maximum absolute atomic E-state index is 7.84. The van der Waals surface area contributed by atoms with E-state index in [1.807, 2.05) is 26.0 Å². The Morgan fingerprint density at radius 1 is 1.38 bits per heavy atom. The molecule has 1 rings (SSSR count). The van der Waals surface area contributed by atoms with Crippen LogP contribution in [0.15, 0.2) is 23.2 Å². The fraction of sp³-hybridized carbons (Fsp3) is 0.529. The van der Waals surface area contributed by atoms with Crippen molar-refractivity contribution < 1.29 is 4.74 Å². The largest absolute Gasteiger partial charge is 0.496 e. The fourth-order valence-electron chi connectivity index (χ4n) is 2.26. The maximum atomic E-state index is 7.84. The Morgan fingerprint density at radius 2 is 2.05 bits per heavy atom. The molecule has 1 aromatic carbocycles. The van der Waals surface area contributed by atoms with E-state index < -0.39 is 0 Å². The van der Waals surface area contributed by atoms with Gasteiger partial charge in [-0.3, -0.25) is 4.99 Å². The molecule has 4 nitrogen and oxygen atoms in total. The lowest BCUT2D eigenvalue weighted by molar-refractivity contribution is 0.392. The van der Waals surface area contributed by atoms with E-state index in [9.17, 15) is 0 Å². The third-order valence-electron chi connectivity index (χ3n) is 3.71. The van der Waals surface area contributed by atoms with Gasteiger partial charge in [0.2, 0.25) is 0 Å². The third kappa shape index (κ3) is 4.67. The predicted octanol–water partition coefficient (Wildman–Crippen LogP) is 2.89. The molecule has 0 spiro atoms. The average molecular weight is 289 g/mol. The van der Waals surface area contributed by atoms with Gasteiger partial charge in [-0.1, -0.05) is 6.92 Å². The van der Waals surface area contributed by atoms with Gasteiger partial charge < -0.3 is 15.0 Å². The van der Waals surface area contributed by atoms with Gasteiger partial charge >= 0.3 is 0 Å². The fourth-order valence-corrected chi connectivity index (χ4v) is 2.26. The number of nitrogens with zero attached hydrogens (tertiary/aromatic N) is 2. The molecule has 0 aliphatic carbocycles. The van der Waals surface area contributed by atoms with Crippen molar-refractivity contribution in [1.29, 1.82) is 5.41 Å².